The number of carbonyl (C=O) groups excluding carboxylic acids is 2. The van der Waals surface area contributed by atoms with E-state index in [1.165, 1.54) is 6.92 Å². The fourth-order valence-electron chi connectivity index (χ4n) is 7.12. The molecule has 3 aliphatic carbocycles. The Morgan fingerprint density at radius 2 is 1.82 bits per heavy atom. The van der Waals surface area contributed by atoms with Crippen molar-refractivity contribution in [3.8, 4) is 0 Å². The molecule has 0 radical (unpaired) electrons. The normalized spacial score (nSPS) is 29.4. The van der Waals surface area contributed by atoms with Gasteiger partial charge in [0.2, 0.25) is 5.91 Å². The van der Waals surface area contributed by atoms with E-state index in [4.69, 9.17) is 9.31 Å². The summed E-state index contributed by atoms with van der Waals surface area (Å²) >= 11 is 3.55. The van der Waals surface area contributed by atoms with Crippen molar-refractivity contribution >= 4 is 45.6 Å². The zero-order valence-electron chi connectivity index (χ0n) is 23.7. The fraction of sp³-hybridized carbons (Fsp3) is 0.600. The van der Waals surface area contributed by atoms with Crippen LogP contribution >= 0.6 is 15.9 Å². The molecule has 7 nitrogen and oxygen atoms in total. The molecular weight excluding hydrogens is 559 g/mol. The lowest BCUT2D eigenvalue weighted by atomic mass is 9.43. The molecule has 0 aromatic heterocycles. The third-order valence-electron chi connectivity index (χ3n) is 9.51. The quantitative estimate of drug-likeness (QED) is 0.376. The predicted octanol–water partition coefficient (Wildman–Crippen LogP) is 4.88. The minimum Gasteiger partial charge on any atom is -0.404 e. The monoisotopic (exact) mass is 598 g/mol. The van der Waals surface area contributed by atoms with Crippen LogP contribution in [0.4, 0.5) is 0 Å². The highest BCUT2D eigenvalue weighted by Crippen LogP contribution is 2.65. The topological polar surface area (TPSA) is 96.9 Å². The van der Waals surface area contributed by atoms with E-state index in [-0.39, 0.29) is 23.0 Å². The Balaban J connectivity index is 1.32. The summed E-state index contributed by atoms with van der Waals surface area (Å²) in [4.78, 5) is 26.8. The number of halogens is 1. The highest BCUT2D eigenvalue weighted by atomic mass is 79.9. The van der Waals surface area contributed by atoms with E-state index in [2.05, 4.69) is 61.2 Å². The summed E-state index contributed by atoms with van der Waals surface area (Å²) in [7, 11) is -0.582. The second-order valence-corrected chi connectivity index (χ2v) is 13.7. The van der Waals surface area contributed by atoms with Gasteiger partial charge in [0.15, 0.2) is 0 Å². The van der Waals surface area contributed by atoms with Gasteiger partial charge in [0, 0.05) is 4.47 Å². The lowest BCUT2D eigenvalue weighted by Gasteiger charge is -2.64. The maximum Gasteiger partial charge on any atom is 0.481 e. The number of aliphatic hydroxyl groups excluding tert-OH is 1. The molecule has 2 aromatic rings. The van der Waals surface area contributed by atoms with Crippen LogP contribution < -0.4 is 10.6 Å². The molecule has 2 aromatic carbocycles. The van der Waals surface area contributed by atoms with Crippen molar-refractivity contribution in [2.75, 3.05) is 0 Å². The molecule has 1 aliphatic heterocycles. The van der Waals surface area contributed by atoms with Crippen LogP contribution in [0.3, 0.4) is 0 Å². The molecule has 4 aliphatic rings. The van der Waals surface area contributed by atoms with E-state index < -0.39 is 37.0 Å². The summed E-state index contributed by atoms with van der Waals surface area (Å²) < 4.78 is 13.8. The van der Waals surface area contributed by atoms with Crippen LogP contribution in [-0.4, -0.2) is 53.8 Å². The van der Waals surface area contributed by atoms with Crippen LogP contribution in [0.2, 0.25) is 0 Å². The minimum absolute atomic E-state index is 0.00311. The molecule has 4 fully saturated rings. The third kappa shape index (κ3) is 5.05. The van der Waals surface area contributed by atoms with Gasteiger partial charge in [-0.2, -0.15) is 0 Å². The summed E-state index contributed by atoms with van der Waals surface area (Å²) in [5.41, 5.74) is 0.231. The number of amides is 2. The molecule has 2 bridgehead atoms. The molecule has 210 valence electrons. The largest absolute Gasteiger partial charge is 0.481 e. The number of nitrogens with one attached hydrogen (secondary N) is 2. The van der Waals surface area contributed by atoms with Gasteiger partial charge in [-0.1, -0.05) is 58.0 Å². The van der Waals surface area contributed by atoms with E-state index in [1.54, 1.807) is 6.07 Å². The smallest absolute Gasteiger partial charge is 0.404 e. The maximum atomic E-state index is 13.6. The van der Waals surface area contributed by atoms with E-state index >= 15 is 0 Å². The highest BCUT2D eigenvalue weighted by Gasteiger charge is 2.68. The van der Waals surface area contributed by atoms with E-state index in [0.717, 1.165) is 23.6 Å². The van der Waals surface area contributed by atoms with Crippen molar-refractivity contribution < 1.29 is 24.0 Å². The first kappa shape index (κ1) is 28.6. The second-order valence-electron chi connectivity index (χ2n) is 12.9. The zero-order chi connectivity index (χ0) is 28.3. The molecule has 7 atom stereocenters. The molecule has 0 unspecified atom stereocenters. The average Bonchev–Trinajstić information content (AvgIpc) is 3.23. The van der Waals surface area contributed by atoms with Gasteiger partial charge in [-0.25, -0.2) is 0 Å². The Kier molecular flexibility index (Phi) is 7.68. The molecular formula is C30H40BBrN2O5. The van der Waals surface area contributed by atoms with Crippen LogP contribution in [0.25, 0.3) is 10.8 Å². The Hall–Kier alpha value is -1.94. The van der Waals surface area contributed by atoms with Crippen molar-refractivity contribution in [1.82, 2.24) is 10.6 Å². The Labute approximate surface area is 240 Å². The number of carbonyl (C=O) groups is 2. The Morgan fingerprint density at radius 3 is 2.49 bits per heavy atom. The van der Waals surface area contributed by atoms with Gasteiger partial charge in [0.1, 0.15) is 6.04 Å². The average molecular weight is 599 g/mol. The van der Waals surface area contributed by atoms with Crippen LogP contribution in [-0.2, 0) is 14.1 Å². The molecule has 9 heteroatoms. The summed E-state index contributed by atoms with van der Waals surface area (Å²) in [5.74, 6) is 0.00660. The molecule has 3 N–H and O–H groups in total. The zero-order valence-corrected chi connectivity index (χ0v) is 25.2. The van der Waals surface area contributed by atoms with Gasteiger partial charge >= 0.3 is 7.12 Å². The predicted molar refractivity (Wildman–Crippen MR) is 156 cm³/mol. The van der Waals surface area contributed by atoms with Gasteiger partial charge in [-0.15, -0.1) is 0 Å². The SMILES string of the molecule is CC(C)C[C@H](NC(=O)[C@@H](NC(=O)c1ccc2ccccc2c1Br)[C@@H](C)O)B1O[C@@H]2C[C@@H]3C[C@@H](C3(C)C)[C@]2(C)O1. The standard InChI is InChI=1S/C30H40BBrN2O5/c1-16(2)13-24(31-38-23-15-19-14-22(29(19,4)5)30(23,6)39-31)33-28(37)26(17(3)35)34-27(36)21-12-11-18-9-7-8-10-20(18)25(21)32/h7-12,16-17,19,22-24,26,35H,13-15H2,1-6H3,(H,33,37)(H,34,36)/t17-,19+,22+,23-,24+,26+,30+/m1/s1. The lowest BCUT2D eigenvalue weighted by molar-refractivity contribution is -0.199. The van der Waals surface area contributed by atoms with Gasteiger partial charge in [0.25, 0.3) is 5.91 Å². The number of fused-ring (bicyclic) bond motifs is 1. The molecule has 2 amide bonds. The summed E-state index contributed by atoms with van der Waals surface area (Å²) in [6, 6.07) is 10.2. The number of rotatable bonds is 8. The summed E-state index contributed by atoms with van der Waals surface area (Å²) in [6.45, 7) is 12.5. The molecule has 3 saturated carbocycles. The van der Waals surface area contributed by atoms with Crippen LogP contribution in [0.5, 0.6) is 0 Å². The number of hydrogen-bond donors (Lipinski definition) is 3. The maximum absolute atomic E-state index is 13.6. The van der Waals surface area contributed by atoms with Crippen LogP contribution in [0, 0.1) is 23.2 Å². The molecule has 1 heterocycles. The minimum atomic E-state index is -1.14. The van der Waals surface area contributed by atoms with Gasteiger partial charge in [-0.05, 0) is 89.0 Å². The first-order chi connectivity index (χ1) is 18.3. The Bertz CT molecular complexity index is 1270. The molecule has 0 spiro atoms. The Morgan fingerprint density at radius 1 is 1.10 bits per heavy atom. The third-order valence-corrected chi connectivity index (χ3v) is 10.4. The molecule has 39 heavy (non-hydrogen) atoms. The van der Waals surface area contributed by atoms with Crippen molar-refractivity contribution in [2.24, 2.45) is 23.2 Å². The van der Waals surface area contributed by atoms with Crippen molar-refractivity contribution in [3.63, 3.8) is 0 Å². The summed E-state index contributed by atoms with van der Waals surface area (Å²) in [6.07, 6.45) is 1.66. The van der Waals surface area contributed by atoms with E-state index in [1.807, 2.05) is 30.3 Å². The number of benzene rings is 2. The molecule has 1 saturated heterocycles. The van der Waals surface area contributed by atoms with Gasteiger partial charge in [-0.3, -0.25) is 9.59 Å². The first-order valence-electron chi connectivity index (χ1n) is 14.1. The van der Waals surface area contributed by atoms with Crippen molar-refractivity contribution in [1.29, 1.82) is 0 Å². The lowest BCUT2D eigenvalue weighted by Crippen LogP contribution is -2.65. The highest BCUT2D eigenvalue weighted by molar-refractivity contribution is 9.10. The molecule has 6 rings (SSSR count). The van der Waals surface area contributed by atoms with Crippen molar-refractivity contribution in [2.45, 2.75) is 90.6 Å². The van der Waals surface area contributed by atoms with E-state index in [0.29, 0.717) is 28.3 Å². The van der Waals surface area contributed by atoms with Crippen molar-refractivity contribution in [3.05, 3.63) is 46.4 Å². The summed E-state index contributed by atoms with van der Waals surface area (Å²) in [5, 5.41) is 18.3. The number of hydrogen-bond acceptors (Lipinski definition) is 5. The fourth-order valence-corrected chi connectivity index (χ4v) is 7.80. The first-order valence-corrected chi connectivity index (χ1v) is 14.9. The van der Waals surface area contributed by atoms with E-state index in [9.17, 15) is 14.7 Å². The second kappa shape index (κ2) is 10.5. The van der Waals surface area contributed by atoms with Crippen LogP contribution in [0.15, 0.2) is 40.9 Å². The van der Waals surface area contributed by atoms with Gasteiger partial charge < -0.3 is 25.0 Å². The van der Waals surface area contributed by atoms with Gasteiger partial charge in [0.05, 0.1) is 29.3 Å². The van der Waals surface area contributed by atoms with Crippen LogP contribution in [0.1, 0.15) is 71.2 Å². The number of aliphatic hydroxyl groups is 1.